The first-order chi connectivity index (χ1) is 14.5. The van der Waals surface area contributed by atoms with Gasteiger partial charge in [-0.1, -0.05) is 32.5 Å². The lowest BCUT2D eigenvalue weighted by Crippen LogP contribution is -2.49. The molecule has 10 nitrogen and oxygen atoms in total. The Hall–Kier alpha value is -2.43. The molecule has 2 amide bonds. The number of cyclic esters (lactones) is 1. The molecule has 0 spiro atoms. The summed E-state index contributed by atoms with van der Waals surface area (Å²) in [5.41, 5.74) is -1.06. The zero-order valence-electron chi connectivity index (χ0n) is 18.1. The van der Waals surface area contributed by atoms with E-state index in [0.29, 0.717) is 5.75 Å². The molecule has 1 aliphatic rings. The van der Waals surface area contributed by atoms with Gasteiger partial charge in [-0.05, 0) is 0 Å². The highest BCUT2D eigenvalue weighted by Crippen LogP contribution is 2.25. The standard InChI is InChI=1S/C20H30N2O8S/c1-4-15(25)30-18-19(28)22-8-7-14(24)21-9-10-31-17(27)11-13(23)5-6-16(26)29-12-20(18,2)3/h18H,4-12H2,1-3H3,(H,21,24)(H,22,28)/t18-/m0/s1. The molecule has 174 valence electrons. The first-order valence-corrected chi connectivity index (χ1v) is 11.1. The van der Waals surface area contributed by atoms with Gasteiger partial charge in [-0.25, -0.2) is 0 Å². The summed E-state index contributed by atoms with van der Waals surface area (Å²) in [4.78, 5) is 72.0. The van der Waals surface area contributed by atoms with Crippen LogP contribution in [0.15, 0.2) is 0 Å². The van der Waals surface area contributed by atoms with Crippen molar-refractivity contribution in [3.05, 3.63) is 0 Å². The van der Waals surface area contributed by atoms with Crippen LogP contribution in [0.25, 0.3) is 0 Å². The monoisotopic (exact) mass is 458 g/mol. The van der Waals surface area contributed by atoms with Gasteiger partial charge in [0.05, 0.1) is 12.8 Å². The second-order valence-electron chi connectivity index (χ2n) is 7.70. The van der Waals surface area contributed by atoms with E-state index in [1.807, 2.05) is 0 Å². The lowest BCUT2D eigenvalue weighted by Gasteiger charge is -2.32. The van der Waals surface area contributed by atoms with E-state index >= 15 is 0 Å². The molecule has 1 aliphatic heterocycles. The highest BCUT2D eigenvalue weighted by molar-refractivity contribution is 8.13. The Balaban J connectivity index is 2.91. The lowest BCUT2D eigenvalue weighted by molar-refractivity contribution is -0.168. The van der Waals surface area contributed by atoms with Gasteiger partial charge in [0.15, 0.2) is 11.2 Å². The topological polar surface area (TPSA) is 145 Å². The van der Waals surface area contributed by atoms with Crippen LogP contribution in [0.1, 0.15) is 52.9 Å². The normalized spacial score (nSPS) is 22.8. The number of ketones is 1. The van der Waals surface area contributed by atoms with Crippen molar-refractivity contribution in [1.82, 2.24) is 10.6 Å². The number of ether oxygens (including phenoxy) is 2. The van der Waals surface area contributed by atoms with E-state index in [9.17, 15) is 28.8 Å². The van der Waals surface area contributed by atoms with Gasteiger partial charge in [-0.3, -0.25) is 28.8 Å². The van der Waals surface area contributed by atoms with E-state index < -0.39 is 29.4 Å². The zero-order valence-corrected chi connectivity index (χ0v) is 18.9. The second kappa shape index (κ2) is 13.1. The number of carbonyl (C=O) groups is 6. The molecule has 0 bridgehead atoms. The Bertz CT molecular complexity index is 707. The summed E-state index contributed by atoms with van der Waals surface area (Å²) in [6.07, 6.45) is -1.84. The number of thioether (sulfide) groups is 1. The highest BCUT2D eigenvalue weighted by Gasteiger charge is 2.39. The maximum atomic E-state index is 12.6. The molecule has 1 rings (SSSR count). The molecule has 31 heavy (non-hydrogen) atoms. The van der Waals surface area contributed by atoms with Gasteiger partial charge in [-0.2, -0.15) is 0 Å². The molecule has 0 unspecified atom stereocenters. The third kappa shape index (κ3) is 10.4. The fraction of sp³-hybridized carbons (Fsp3) is 0.700. The number of esters is 2. The smallest absolute Gasteiger partial charge is 0.306 e. The van der Waals surface area contributed by atoms with E-state index in [4.69, 9.17) is 9.47 Å². The molecule has 0 aromatic heterocycles. The first kappa shape index (κ1) is 26.6. The minimum atomic E-state index is -1.24. The van der Waals surface area contributed by atoms with E-state index in [1.54, 1.807) is 20.8 Å². The molecule has 2 N–H and O–H groups in total. The zero-order chi connectivity index (χ0) is 23.4. The highest BCUT2D eigenvalue weighted by atomic mass is 32.2. The van der Waals surface area contributed by atoms with E-state index in [-0.39, 0.29) is 68.6 Å². The number of hydrogen-bond acceptors (Lipinski definition) is 9. The van der Waals surface area contributed by atoms with Crippen LogP contribution in [0.3, 0.4) is 0 Å². The molecule has 1 atom stereocenters. The maximum Gasteiger partial charge on any atom is 0.306 e. The van der Waals surface area contributed by atoms with Crippen molar-refractivity contribution in [2.75, 3.05) is 25.4 Å². The van der Waals surface area contributed by atoms with Gasteiger partial charge < -0.3 is 20.1 Å². The number of carbonyl (C=O) groups excluding carboxylic acids is 6. The number of rotatable bonds is 2. The SMILES string of the molecule is CCC(=O)O[C@H]1C(=O)NCCC(=O)NCCSC(=O)CC(=O)CCC(=O)OCC1(C)C. The van der Waals surface area contributed by atoms with Crippen molar-refractivity contribution in [1.29, 1.82) is 0 Å². The summed E-state index contributed by atoms with van der Waals surface area (Å²) in [7, 11) is 0. The molecule has 0 aromatic carbocycles. The summed E-state index contributed by atoms with van der Waals surface area (Å²) in [5.74, 6) is -2.26. The quantitative estimate of drug-likeness (QED) is 0.446. The fourth-order valence-corrected chi connectivity index (χ4v) is 3.27. The minimum Gasteiger partial charge on any atom is -0.465 e. The van der Waals surface area contributed by atoms with Crippen LogP contribution in [0, 0.1) is 5.41 Å². The van der Waals surface area contributed by atoms with Crippen molar-refractivity contribution < 1.29 is 38.2 Å². The number of hydrogen-bond donors (Lipinski definition) is 2. The van der Waals surface area contributed by atoms with Crippen molar-refractivity contribution in [2.45, 2.75) is 59.0 Å². The van der Waals surface area contributed by atoms with Gasteiger partial charge in [0.25, 0.3) is 5.91 Å². The number of nitrogens with one attached hydrogen (secondary N) is 2. The largest absolute Gasteiger partial charge is 0.465 e. The summed E-state index contributed by atoms with van der Waals surface area (Å²) < 4.78 is 10.5. The summed E-state index contributed by atoms with van der Waals surface area (Å²) in [6, 6.07) is 0. The Kier molecular flexibility index (Phi) is 11.2. The van der Waals surface area contributed by atoms with Crippen molar-refractivity contribution in [2.24, 2.45) is 5.41 Å². The Morgan fingerprint density at radius 3 is 2.48 bits per heavy atom. The Labute approximate surface area is 185 Å². The molecular weight excluding hydrogens is 428 g/mol. The van der Waals surface area contributed by atoms with Crippen LogP contribution < -0.4 is 10.6 Å². The Morgan fingerprint density at radius 1 is 1.10 bits per heavy atom. The molecule has 0 aliphatic carbocycles. The van der Waals surface area contributed by atoms with Crippen molar-refractivity contribution in [3.8, 4) is 0 Å². The van der Waals surface area contributed by atoms with Gasteiger partial charge in [0, 0.05) is 43.5 Å². The predicted octanol–water partition coefficient (Wildman–Crippen LogP) is 0.513. The van der Waals surface area contributed by atoms with Crippen LogP contribution in [-0.2, 0) is 38.2 Å². The number of Topliss-reactive ketones (excluding diaryl/α,β-unsaturated/α-hetero) is 1. The molecule has 0 saturated carbocycles. The summed E-state index contributed by atoms with van der Waals surface area (Å²) >= 11 is 0.929. The van der Waals surface area contributed by atoms with Gasteiger partial charge >= 0.3 is 11.9 Å². The van der Waals surface area contributed by atoms with Gasteiger partial charge in [0.2, 0.25) is 5.91 Å². The molecule has 1 saturated heterocycles. The van der Waals surface area contributed by atoms with Gasteiger partial charge in [-0.15, -0.1) is 0 Å². The third-order valence-corrected chi connectivity index (χ3v) is 5.25. The van der Waals surface area contributed by atoms with Crippen molar-refractivity contribution in [3.63, 3.8) is 0 Å². The van der Waals surface area contributed by atoms with Crippen molar-refractivity contribution >= 4 is 46.4 Å². The summed E-state index contributed by atoms with van der Waals surface area (Å²) in [5, 5.41) is 4.85. The second-order valence-corrected chi connectivity index (χ2v) is 8.85. The molecule has 1 heterocycles. The predicted molar refractivity (Wildman–Crippen MR) is 112 cm³/mol. The lowest BCUT2D eigenvalue weighted by atomic mass is 9.86. The molecule has 11 heteroatoms. The first-order valence-electron chi connectivity index (χ1n) is 10.1. The van der Waals surface area contributed by atoms with Crippen LogP contribution in [0.5, 0.6) is 0 Å². The van der Waals surface area contributed by atoms with Gasteiger partial charge in [0.1, 0.15) is 12.4 Å². The average Bonchev–Trinajstić information content (AvgIpc) is 2.71. The van der Waals surface area contributed by atoms with Crippen LogP contribution in [-0.4, -0.2) is 66.2 Å². The molecular formula is C20H30N2O8S. The molecule has 0 radical (unpaired) electrons. The Morgan fingerprint density at radius 2 is 1.81 bits per heavy atom. The fourth-order valence-electron chi connectivity index (χ4n) is 2.57. The van der Waals surface area contributed by atoms with E-state index in [1.165, 1.54) is 0 Å². The van der Waals surface area contributed by atoms with E-state index in [2.05, 4.69) is 10.6 Å². The van der Waals surface area contributed by atoms with Crippen LogP contribution in [0.4, 0.5) is 0 Å². The molecule has 1 fully saturated rings. The third-order valence-electron chi connectivity index (χ3n) is 4.38. The minimum absolute atomic E-state index is 0.00724. The van der Waals surface area contributed by atoms with E-state index in [0.717, 1.165) is 11.8 Å². The van der Waals surface area contributed by atoms with Crippen LogP contribution >= 0.6 is 11.8 Å². The summed E-state index contributed by atoms with van der Waals surface area (Å²) in [6.45, 7) is 4.80. The number of amides is 2. The molecule has 0 aromatic rings. The van der Waals surface area contributed by atoms with Crippen LogP contribution in [0.2, 0.25) is 0 Å². The average molecular weight is 459 g/mol. The maximum absolute atomic E-state index is 12.6.